The van der Waals surface area contributed by atoms with E-state index in [4.69, 9.17) is 4.98 Å². The summed E-state index contributed by atoms with van der Waals surface area (Å²) in [6, 6.07) is 10.4. The molecule has 21 heavy (non-hydrogen) atoms. The fraction of sp³-hybridized carbons (Fsp3) is 0.412. The number of rotatable bonds is 2. The number of fused-ring (bicyclic) bond motifs is 1. The van der Waals surface area contributed by atoms with Crippen LogP contribution in [0.3, 0.4) is 0 Å². The Labute approximate surface area is 125 Å². The number of aromatic nitrogens is 1. The van der Waals surface area contributed by atoms with Crippen LogP contribution in [0.1, 0.15) is 18.9 Å². The highest BCUT2D eigenvalue weighted by Crippen LogP contribution is 2.23. The monoisotopic (exact) mass is 283 g/mol. The van der Waals surface area contributed by atoms with E-state index in [-0.39, 0.29) is 5.91 Å². The van der Waals surface area contributed by atoms with Gasteiger partial charge >= 0.3 is 0 Å². The maximum absolute atomic E-state index is 11.7. The minimum atomic E-state index is 0.248. The van der Waals surface area contributed by atoms with Crippen molar-refractivity contribution < 1.29 is 4.79 Å². The van der Waals surface area contributed by atoms with E-state index >= 15 is 0 Å². The Morgan fingerprint density at radius 2 is 1.90 bits per heavy atom. The molecule has 110 valence electrons. The maximum Gasteiger partial charge on any atom is 0.222 e. The van der Waals surface area contributed by atoms with Crippen molar-refractivity contribution in [2.45, 2.75) is 20.3 Å². The van der Waals surface area contributed by atoms with Gasteiger partial charge in [0, 0.05) is 38.0 Å². The number of aryl methyl sites for hydroxylation is 1. The van der Waals surface area contributed by atoms with Crippen LogP contribution >= 0.6 is 0 Å². The van der Waals surface area contributed by atoms with Crippen LogP contribution in [-0.2, 0) is 4.79 Å². The zero-order valence-corrected chi connectivity index (χ0v) is 12.7. The number of benzene rings is 1. The van der Waals surface area contributed by atoms with Gasteiger partial charge in [-0.2, -0.15) is 0 Å². The molecule has 1 amide bonds. The fourth-order valence-corrected chi connectivity index (χ4v) is 2.92. The van der Waals surface area contributed by atoms with Gasteiger partial charge in [-0.05, 0) is 24.6 Å². The number of piperazine rings is 1. The van der Waals surface area contributed by atoms with Gasteiger partial charge in [-0.15, -0.1) is 0 Å². The number of pyridine rings is 1. The van der Waals surface area contributed by atoms with Crippen molar-refractivity contribution in [1.82, 2.24) is 9.88 Å². The summed E-state index contributed by atoms with van der Waals surface area (Å²) in [5.41, 5.74) is 2.23. The molecule has 1 fully saturated rings. The molecule has 1 saturated heterocycles. The molecule has 0 saturated carbocycles. The van der Waals surface area contributed by atoms with Crippen molar-refractivity contribution >= 4 is 22.6 Å². The summed E-state index contributed by atoms with van der Waals surface area (Å²) in [5.74, 6) is 1.30. The van der Waals surface area contributed by atoms with Crippen LogP contribution in [0, 0.1) is 6.92 Å². The van der Waals surface area contributed by atoms with Gasteiger partial charge in [0.1, 0.15) is 5.82 Å². The third-order valence-electron chi connectivity index (χ3n) is 4.12. The van der Waals surface area contributed by atoms with Crippen molar-refractivity contribution in [3.63, 3.8) is 0 Å². The lowest BCUT2D eigenvalue weighted by molar-refractivity contribution is -0.131. The summed E-state index contributed by atoms with van der Waals surface area (Å²) in [5, 5.41) is 1.18. The van der Waals surface area contributed by atoms with E-state index in [1.165, 1.54) is 10.9 Å². The lowest BCUT2D eigenvalue weighted by atomic mass is 10.1. The number of nitrogens with zero attached hydrogens (tertiary/aromatic N) is 3. The molecule has 3 rings (SSSR count). The predicted molar refractivity (Wildman–Crippen MR) is 85.6 cm³/mol. The van der Waals surface area contributed by atoms with Crippen molar-refractivity contribution in [3.05, 3.63) is 35.9 Å². The van der Waals surface area contributed by atoms with E-state index in [0.717, 1.165) is 37.5 Å². The van der Waals surface area contributed by atoms with Crippen LogP contribution in [0.5, 0.6) is 0 Å². The summed E-state index contributed by atoms with van der Waals surface area (Å²) < 4.78 is 0. The van der Waals surface area contributed by atoms with E-state index < -0.39 is 0 Å². The molecule has 2 aromatic rings. The molecule has 0 bridgehead atoms. The number of hydrogen-bond acceptors (Lipinski definition) is 3. The molecule has 0 atom stereocenters. The first-order valence-electron chi connectivity index (χ1n) is 7.58. The third kappa shape index (κ3) is 2.71. The summed E-state index contributed by atoms with van der Waals surface area (Å²) in [4.78, 5) is 20.8. The van der Waals surface area contributed by atoms with Crippen LogP contribution in [0.15, 0.2) is 30.3 Å². The molecule has 1 aliphatic heterocycles. The zero-order valence-electron chi connectivity index (χ0n) is 12.7. The predicted octanol–water partition coefficient (Wildman–Crippen LogP) is 2.60. The van der Waals surface area contributed by atoms with Crippen molar-refractivity contribution in [1.29, 1.82) is 0 Å². The smallest absolute Gasteiger partial charge is 0.222 e. The molecule has 4 heteroatoms. The third-order valence-corrected chi connectivity index (χ3v) is 4.12. The molecular weight excluding hydrogens is 262 g/mol. The molecule has 0 radical (unpaired) electrons. The van der Waals surface area contributed by atoms with Gasteiger partial charge in [0.15, 0.2) is 0 Å². The molecule has 0 spiro atoms. The molecule has 2 heterocycles. The lowest BCUT2D eigenvalue weighted by Gasteiger charge is -2.36. The minimum absolute atomic E-state index is 0.248. The van der Waals surface area contributed by atoms with Gasteiger partial charge in [0.25, 0.3) is 0 Å². The molecule has 1 aliphatic rings. The average Bonchev–Trinajstić information content (AvgIpc) is 2.53. The van der Waals surface area contributed by atoms with Gasteiger partial charge in [0.05, 0.1) is 5.52 Å². The van der Waals surface area contributed by atoms with E-state index in [2.05, 4.69) is 30.0 Å². The van der Waals surface area contributed by atoms with Gasteiger partial charge in [-0.1, -0.05) is 25.1 Å². The molecule has 0 aliphatic carbocycles. The average molecular weight is 283 g/mol. The Morgan fingerprint density at radius 1 is 1.19 bits per heavy atom. The topological polar surface area (TPSA) is 36.4 Å². The Balaban J connectivity index is 1.82. The maximum atomic E-state index is 11.7. The Bertz CT molecular complexity index is 660. The normalized spacial score (nSPS) is 15.5. The quantitative estimate of drug-likeness (QED) is 0.850. The van der Waals surface area contributed by atoms with Crippen molar-refractivity contribution in [3.8, 4) is 0 Å². The second-order valence-electron chi connectivity index (χ2n) is 5.54. The van der Waals surface area contributed by atoms with Gasteiger partial charge in [0.2, 0.25) is 5.91 Å². The van der Waals surface area contributed by atoms with Gasteiger partial charge in [-0.25, -0.2) is 4.98 Å². The molecular formula is C17H21N3O. The van der Waals surface area contributed by atoms with Gasteiger partial charge in [-0.3, -0.25) is 4.79 Å². The molecule has 4 nitrogen and oxygen atoms in total. The van der Waals surface area contributed by atoms with Crippen LogP contribution in [0.2, 0.25) is 0 Å². The second-order valence-corrected chi connectivity index (χ2v) is 5.54. The highest BCUT2D eigenvalue weighted by Gasteiger charge is 2.21. The first-order valence-corrected chi connectivity index (χ1v) is 7.58. The van der Waals surface area contributed by atoms with E-state index in [0.29, 0.717) is 6.42 Å². The Morgan fingerprint density at radius 3 is 2.62 bits per heavy atom. The van der Waals surface area contributed by atoms with Crippen molar-refractivity contribution in [2.75, 3.05) is 31.1 Å². The molecule has 0 unspecified atom stereocenters. The standard InChI is InChI=1S/C17H21N3O/c1-3-16(21)19-8-10-20(11-9-19)17-13(2)12-14-6-4-5-7-15(14)18-17/h4-7,12H,3,8-11H2,1-2H3. The number of carbonyl (C=O) groups excluding carboxylic acids is 1. The van der Waals surface area contributed by atoms with E-state index in [1.54, 1.807) is 0 Å². The number of para-hydroxylation sites is 1. The van der Waals surface area contributed by atoms with Crippen LogP contribution in [-0.4, -0.2) is 42.0 Å². The summed E-state index contributed by atoms with van der Waals surface area (Å²) in [7, 11) is 0. The zero-order chi connectivity index (χ0) is 14.8. The molecule has 1 aromatic heterocycles. The molecule has 1 aromatic carbocycles. The van der Waals surface area contributed by atoms with E-state index in [1.807, 2.05) is 24.0 Å². The van der Waals surface area contributed by atoms with Crippen molar-refractivity contribution in [2.24, 2.45) is 0 Å². The number of carbonyl (C=O) groups is 1. The Kier molecular flexibility index (Phi) is 3.78. The minimum Gasteiger partial charge on any atom is -0.353 e. The first kappa shape index (κ1) is 13.9. The van der Waals surface area contributed by atoms with Crippen LogP contribution in [0.25, 0.3) is 10.9 Å². The largest absolute Gasteiger partial charge is 0.353 e. The second kappa shape index (κ2) is 5.72. The summed E-state index contributed by atoms with van der Waals surface area (Å²) in [6.07, 6.45) is 0.591. The highest BCUT2D eigenvalue weighted by molar-refractivity contribution is 5.82. The summed E-state index contributed by atoms with van der Waals surface area (Å²) >= 11 is 0. The lowest BCUT2D eigenvalue weighted by Crippen LogP contribution is -2.49. The molecule has 0 N–H and O–H groups in total. The first-order chi connectivity index (χ1) is 10.2. The van der Waals surface area contributed by atoms with Crippen LogP contribution in [0.4, 0.5) is 5.82 Å². The highest BCUT2D eigenvalue weighted by atomic mass is 16.2. The van der Waals surface area contributed by atoms with Crippen LogP contribution < -0.4 is 4.90 Å². The number of hydrogen-bond donors (Lipinski definition) is 0. The number of anilines is 1. The SMILES string of the molecule is CCC(=O)N1CCN(c2nc3ccccc3cc2C)CC1. The van der Waals surface area contributed by atoms with Gasteiger partial charge < -0.3 is 9.80 Å². The fourth-order valence-electron chi connectivity index (χ4n) is 2.92. The Hall–Kier alpha value is -2.10. The number of amides is 1. The summed E-state index contributed by atoms with van der Waals surface area (Å²) in [6.45, 7) is 7.33. The van der Waals surface area contributed by atoms with E-state index in [9.17, 15) is 4.79 Å².